The Morgan fingerprint density at radius 2 is 1.87 bits per heavy atom. The van der Waals surface area contributed by atoms with Crippen LogP contribution in [0.1, 0.15) is 30.7 Å². The minimum atomic E-state index is -1.91. The van der Waals surface area contributed by atoms with Crippen LogP contribution in [-0.2, 0) is 32.8 Å². The first-order valence-electron chi connectivity index (χ1n) is 9.58. The summed E-state index contributed by atoms with van der Waals surface area (Å²) in [6, 6.07) is 15.4. The molecule has 3 rings (SSSR count). The number of carbonyl (C=O) groups is 1. The van der Waals surface area contributed by atoms with Gasteiger partial charge in [-0.3, -0.25) is 4.79 Å². The molecular formula is C23H24FNO4S. The van der Waals surface area contributed by atoms with Gasteiger partial charge < -0.3 is 13.9 Å². The largest absolute Gasteiger partial charge is 0.463 e. The molecule has 5 nitrogen and oxygen atoms in total. The molecule has 7 heteroatoms. The molecular weight excluding hydrogens is 405 g/mol. The lowest BCUT2D eigenvalue weighted by molar-refractivity contribution is -0.146. The topological polar surface area (TPSA) is 68.5 Å². The summed E-state index contributed by atoms with van der Waals surface area (Å²) in [7, 11) is 0. The van der Waals surface area contributed by atoms with Gasteiger partial charge in [0.2, 0.25) is 0 Å². The molecule has 1 atom stereocenters. The van der Waals surface area contributed by atoms with E-state index < -0.39 is 11.1 Å². The summed E-state index contributed by atoms with van der Waals surface area (Å²) in [5, 5.41) is 0. The van der Waals surface area contributed by atoms with Crippen molar-refractivity contribution in [2.45, 2.75) is 39.0 Å². The van der Waals surface area contributed by atoms with Crippen LogP contribution in [-0.4, -0.2) is 25.4 Å². The Balaban J connectivity index is 2.07. The van der Waals surface area contributed by atoms with Crippen LogP contribution in [0, 0.1) is 12.7 Å². The number of hydrogen-bond acceptors (Lipinski definition) is 3. The fourth-order valence-corrected chi connectivity index (χ4v) is 3.85. The molecule has 1 heterocycles. The highest BCUT2D eigenvalue weighted by atomic mass is 32.2. The third-order valence-corrected chi connectivity index (χ3v) is 5.24. The first-order valence-corrected chi connectivity index (χ1v) is 10.9. The predicted molar refractivity (Wildman–Crippen MR) is 115 cm³/mol. The molecule has 1 aromatic heterocycles. The average molecular weight is 430 g/mol. The summed E-state index contributed by atoms with van der Waals surface area (Å²) in [5.74, 6) is -0.624. The van der Waals surface area contributed by atoms with Crippen molar-refractivity contribution in [2.75, 3.05) is 0 Å². The quantitative estimate of drug-likeness (QED) is 0.432. The van der Waals surface area contributed by atoms with Crippen LogP contribution in [0.15, 0.2) is 54.6 Å². The Bertz CT molecular complexity index is 1070. The van der Waals surface area contributed by atoms with Crippen molar-refractivity contribution in [3.63, 3.8) is 0 Å². The zero-order valence-corrected chi connectivity index (χ0v) is 17.9. The van der Waals surface area contributed by atoms with Gasteiger partial charge in [-0.2, -0.15) is 0 Å². The van der Waals surface area contributed by atoms with Gasteiger partial charge in [-0.25, -0.2) is 8.60 Å². The van der Waals surface area contributed by atoms with Gasteiger partial charge in [-0.05, 0) is 61.7 Å². The average Bonchev–Trinajstić information content (AvgIpc) is 2.97. The van der Waals surface area contributed by atoms with E-state index in [0.29, 0.717) is 5.69 Å². The van der Waals surface area contributed by atoms with Crippen molar-refractivity contribution in [2.24, 2.45) is 0 Å². The van der Waals surface area contributed by atoms with E-state index in [9.17, 15) is 13.4 Å². The Morgan fingerprint density at radius 1 is 1.17 bits per heavy atom. The van der Waals surface area contributed by atoms with Gasteiger partial charge in [0.25, 0.3) is 0 Å². The molecule has 0 bridgehead atoms. The van der Waals surface area contributed by atoms with Gasteiger partial charge >= 0.3 is 5.97 Å². The predicted octanol–water partition coefficient (Wildman–Crippen LogP) is 4.81. The van der Waals surface area contributed by atoms with E-state index in [-0.39, 0.29) is 30.1 Å². The summed E-state index contributed by atoms with van der Waals surface area (Å²) >= 11 is -1.91. The normalized spacial score (nSPS) is 12.2. The molecule has 0 spiro atoms. The maximum absolute atomic E-state index is 13.9. The minimum absolute atomic E-state index is 0.0521. The number of carbonyl (C=O) groups excluding carboxylic acids is 1. The van der Waals surface area contributed by atoms with E-state index in [1.165, 1.54) is 12.1 Å². The van der Waals surface area contributed by atoms with Gasteiger partial charge in [0.1, 0.15) is 5.82 Å². The van der Waals surface area contributed by atoms with Crippen LogP contribution in [0.5, 0.6) is 0 Å². The van der Waals surface area contributed by atoms with Gasteiger partial charge in [0, 0.05) is 11.4 Å². The summed E-state index contributed by atoms with van der Waals surface area (Å²) in [5.41, 5.74) is 4.63. The lowest BCUT2D eigenvalue weighted by atomic mass is 10.1. The van der Waals surface area contributed by atoms with Crippen molar-refractivity contribution in [3.05, 3.63) is 77.2 Å². The van der Waals surface area contributed by atoms with Crippen molar-refractivity contribution < 1.29 is 22.7 Å². The van der Waals surface area contributed by atoms with Crippen LogP contribution >= 0.6 is 0 Å². The number of rotatable bonds is 7. The lowest BCUT2D eigenvalue weighted by Crippen LogP contribution is -2.14. The summed E-state index contributed by atoms with van der Waals surface area (Å²) in [6.45, 7) is 5.49. The van der Waals surface area contributed by atoms with Crippen molar-refractivity contribution in [1.82, 2.24) is 4.57 Å². The van der Waals surface area contributed by atoms with Crippen LogP contribution in [0.3, 0.4) is 0 Å². The maximum Gasteiger partial charge on any atom is 0.310 e. The van der Waals surface area contributed by atoms with Crippen LogP contribution in [0.4, 0.5) is 4.39 Å². The number of hydrogen-bond donors (Lipinski definition) is 1. The number of ether oxygens (including phenoxy) is 1. The number of nitrogens with zero attached hydrogens (tertiary/aromatic N) is 1. The second-order valence-electron chi connectivity index (χ2n) is 7.33. The monoisotopic (exact) mass is 429 g/mol. The summed E-state index contributed by atoms with van der Waals surface area (Å²) in [4.78, 5) is 12.2. The third-order valence-electron chi connectivity index (χ3n) is 4.66. The number of aromatic nitrogens is 1. The smallest absolute Gasteiger partial charge is 0.310 e. The first kappa shape index (κ1) is 21.9. The molecule has 1 unspecified atom stereocenters. The molecule has 158 valence electrons. The molecule has 0 saturated heterocycles. The van der Waals surface area contributed by atoms with Gasteiger partial charge in [-0.15, -0.1) is 0 Å². The highest BCUT2D eigenvalue weighted by Crippen LogP contribution is 2.30. The van der Waals surface area contributed by atoms with Crippen molar-refractivity contribution >= 4 is 17.0 Å². The van der Waals surface area contributed by atoms with E-state index in [1.807, 2.05) is 29.7 Å². The zero-order chi connectivity index (χ0) is 21.8. The third kappa shape index (κ3) is 5.23. The number of esters is 1. The molecule has 0 aliphatic rings. The maximum atomic E-state index is 13.9. The molecule has 2 aromatic carbocycles. The van der Waals surface area contributed by atoms with Crippen LogP contribution in [0.2, 0.25) is 0 Å². The van der Waals surface area contributed by atoms with Crippen molar-refractivity contribution in [3.8, 4) is 16.9 Å². The highest BCUT2D eigenvalue weighted by molar-refractivity contribution is 7.78. The molecule has 1 N–H and O–H groups in total. The summed E-state index contributed by atoms with van der Waals surface area (Å²) < 4.78 is 41.2. The van der Waals surface area contributed by atoms with Crippen LogP contribution < -0.4 is 0 Å². The van der Waals surface area contributed by atoms with Crippen LogP contribution in [0.25, 0.3) is 16.9 Å². The standard InChI is InChI=1S/C23H24FNO4S/c1-15(2)29-23(26)12-19-11-22(18-9-7-17(8-10-18)14-30(27)28)25(16(19)3)21-6-4-5-20(24)13-21/h4-11,13,15H,12,14H2,1-3H3,(H,27,28). The van der Waals surface area contributed by atoms with Gasteiger partial charge in [0.05, 0.1) is 24.0 Å². The molecule has 3 aromatic rings. The van der Waals surface area contributed by atoms with Crippen molar-refractivity contribution in [1.29, 1.82) is 0 Å². The first-order chi connectivity index (χ1) is 14.2. The molecule has 0 aliphatic heterocycles. The molecule has 0 aliphatic carbocycles. The number of halogens is 1. The van der Waals surface area contributed by atoms with E-state index in [1.54, 1.807) is 38.1 Å². The van der Waals surface area contributed by atoms with E-state index in [2.05, 4.69) is 0 Å². The molecule has 0 saturated carbocycles. The minimum Gasteiger partial charge on any atom is -0.463 e. The lowest BCUT2D eigenvalue weighted by Gasteiger charge is -2.13. The van der Waals surface area contributed by atoms with E-state index in [4.69, 9.17) is 9.29 Å². The Hall–Kier alpha value is -2.77. The van der Waals surface area contributed by atoms with E-state index >= 15 is 0 Å². The molecule has 0 radical (unpaired) electrons. The second-order valence-corrected chi connectivity index (χ2v) is 8.27. The fourth-order valence-electron chi connectivity index (χ4n) is 3.37. The Labute approximate surface area is 177 Å². The van der Waals surface area contributed by atoms with Gasteiger partial charge in [-0.1, -0.05) is 30.3 Å². The SMILES string of the molecule is Cc1c(CC(=O)OC(C)C)cc(-c2ccc(CS(=O)O)cc2)n1-c1cccc(F)c1. The zero-order valence-electron chi connectivity index (χ0n) is 17.1. The van der Waals surface area contributed by atoms with E-state index in [0.717, 1.165) is 28.1 Å². The molecule has 0 fully saturated rings. The summed E-state index contributed by atoms with van der Waals surface area (Å²) in [6.07, 6.45) is -0.0897. The Kier molecular flexibility index (Phi) is 6.84. The highest BCUT2D eigenvalue weighted by Gasteiger charge is 2.18. The Morgan fingerprint density at radius 3 is 2.47 bits per heavy atom. The second kappa shape index (κ2) is 9.36. The molecule has 30 heavy (non-hydrogen) atoms. The number of benzene rings is 2. The fraction of sp³-hybridized carbons (Fsp3) is 0.261. The van der Waals surface area contributed by atoms with Gasteiger partial charge in [0.15, 0.2) is 11.1 Å². The molecule has 0 amide bonds.